The molecule has 1 spiro atoms. The van der Waals surface area contributed by atoms with Crippen LogP contribution in [0.4, 0.5) is 17.6 Å². The Morgan fingerprint density at radius 2 is 1.90 bits per heavy atom. The van der Waals surface area contributed by atoms with Crippen molar-refractivity contribution >= 4 is 0 Å². The molecule has 2 saturated carbocycles. The second-order valence-corrected chi connectivity index (χ2v) is 6.13. The third-order valence-electron chi connectivity index (χ3n) is 4.69. The van der Waals surface area contributed by atoms with E-state index in [-0.39, 0.29) is 29.9 Å². The van der Waals surface area contributed by atoms with Gasteiger partial charge in [0.1, 0.15) is 0 Å². The summed E-state index contributed by atoms with van der Waals surface area (Å²) in [6.07, 6.45) is 1.88. The summed E-state index contributed by atoms with van der Waals surface area (Å²) in [6, 6.07) is 2.59. The topological polar surface area (TPSA) is 9.23 Å². The van der Waals surface area contributed by atoms with Crippen molar-refractivity contribution in [2.24, 2.45) is 5.41 Å². The van der Waals surface area contributed by atoms with E-state index in [1.165, 1.54) is 13.2 Å². The lowest BCUT2D eigenvalue weighted by Crippen LogP contribution is -2.44. The minimum absolute atomic E-state index is 0.0313. The third kappa shape index (κ3) is 2.07. The minimum Gasteiger partial charge on any atom is -0.493 e. The summed E-state index contributed by atoms with van der Waals surface area (Å²) in [6.45, 7) is 0. The summed E-state index contributed by atoms with van der Waals surface area (Å²) in [5.41, 5.74) is 0.280. The lowest BCUT2D eigenvalue weighted by atomic mass is 9.64. The maximum Gasteiger partial charge on any atom is 0.249 e. The van der Waals surface area contributed by atoms with Crippen LogP contribution in [0.5, 0.6) is 5.75 Å². The summed E-state index contributed by atoms with van der Waals surface area (Å²) in [4.78, 5) is 0. The summed E-state index contributed by atoms with van der Waals surface area (Å²) >= 11 is 0. The summed E-state index contributed by atoms with van der Waals surface area (Å²) in [5.74, 6) is -4.61. The standard InChI is InChI=1S/C15H16F4O/c1-20-13-10(2-3-11(16)12(13)17)9-4-5-14(6-9)7-15(18,19)8-14/h2-3,9H,4-8H2,1H3. The predicted molar refractivity (Wildman–Crippen MR) is 66.1 cm³/mol. The van der Waals surface area contributed by atoms with Gasteiger partial charge < -0.3 is 4.74 Å². The van der Waals surface area contributed by atoms with Crippen LogP contribution in [0.3, 0.4) is 0 Å². The molecule has 1 atom stereocenters. The van der Waals surface area contributed by atoms with Crippen LogP contribution in [0.2, 0.25) is 0 Å². The average molecular weight is 288 g/mol. The second-order valence-electron chi connectivity index (χ2n) is 6.13. The van der Waals surface area contributed by atoms with Gasteiger partial charge in [0.25, 0.3) is 0 Å². The highest BCUT2D eigenvalue weighted by Gasteiger charge is 2.58. The molecule has 2 aliphatic carbocycles. The van der Waals surface area contributed by atoms with Gasteiger partial charge in [-0.1, -0.05) is 6.07 Å². The maximum atomic E-state index is 13.7. The van der Waals surface area contributed by atoms with Gasteiger partial charge in [-0.05, 0) is 36.7 Å². The van der Waals surface area contributed by atoms with Crippen LogP contribution in [0, 0.1) is 17.0 Å². The summed E-state index contributed by atoms with van der Waals surface area (Å²) in [5, 5.41) is 0. The van der Waals surface area contributed by atoms with Gasteiger partial charge in [0.05, 0.1) is 7.11 Å². The molecule has 2 fully saturated rings. The van der Waals surface area contributed by atoms with Gasteiger partial charge in [-0.2, -0.15) is 4.39 Å². The van der Waals surface area contributed by atoms with Crippen LogP contribution < -0.4 is 4.74 Å². The molecule has 0 saturated heterocycles. The molecule has 0 amide bonds. The number of rotatable bonds is 2. The third-order valence-corrected chi connectivity index (χ3v) is 4.69. The van der Waals surface area contributed by atoms with Crippen molar-refractivity contribution < 1.29 is 22.3 Å². The number of benzene rings is 1. The Hall–Kier alpha value is -1.26. The molecule has 2 aliphatic rings. The number of halogens is 4. The molecule has 3 rings (SSSR count). The fourth-order valence-corrected chi connectivity index (χ4v) is 3.92. The van der Waals surface area contributed by atoms with Crippen molar-refractivity contribution in [1.29, 1.82) is 0 Å². The molecule has 0 aliphatic heterocycles. The van der Waals surface area contributed by atoms with Crippen LogP contribution in [0.25, 0.3) is 0 Å². The number of alkyl halides is 2. The van der Waals surface area contributed by atoms with E-state index < -0.39 is 17.6 Å². The Morgan fingerprint density at radius 3 is 2.50 bits per heavy atom. The zero-order chi connectivity index (χ0) is 14.5. The van der Waals surface area contributed by atoms with E-state index >= 15 is 0 Å². The zero-order valence-corrected chi connectivity index (χ0v) is 11.2. The Bertz CT molecular complexity index is 533. The average Bonchev–Trinajstić information content (AvgIpc) is 2.75. The van der Waals surface area contributed by atoms with Crippen LogP contribution in [0.1, 0.15) is 43.6 Å². The molecule has 1 unspecified atom stereocenters. The molecule has 0 radical (unpaired) electrons. The molecule has 1 aromatic rings. The molecule has 0 heterocycles. The monoisotopic (exact) mass is 288 g/mol. The van der Waals surface area contributed by atoms with Crippen molar-refractivity contribution in [3.05, 3.63) is 29.3 Å². The quantitative estimate of drug-likeness (QED) is 0.719. The summed E-state index contributed by atoms with van der Waals surface area (Å²) in [7, 11) is 1.30. The van der Waals surface area contributed by atoms with Crippen LogP contribution >= 0.6 is 0 Å². The van der Waals surface area contributed by atoms with Gasteiger partial charge in [-0.3, -0.25) is 0 Å². The van der Waals surface area contributed by atoms with Gasteiger partial charge in [0.2, 0.25) is 11.7 Å². The first-order valence-electron chi connectivity index (χ1n) is 6.76. The van der Waals surface area contributed by atoms with Crippen molar-refractivity contribution in [3.8, 4) is 5.75 Å². The maximum absolute atomic E-state index is 13.7. The van der Waals surface area contributed by atoms with Crippen LogP contribution in [-0.2, 0) is 0 Å². The molecule has 110 valence electrons. The first-order valence-corrected chi connectivity index (χ1v) is 6.76. The van der Waals surface area contributed by atoms with Gasteiger partial charge in [-0.15, -0.1) is 0 Å². The van der Waals surface area contributed by atoms with Crippen molar-refractivity contribution in [3.63, 3.8) is 0 Å². The SMILES string of the molecule is COc1c(C2CCC3(C2)CC(F)(F)C3)ccc(F)c1F. The minimum atomic E-state index is -2.55. The van der Waals surface area contributed by atoms with E-state index in [2.05, 4.69) is 0 Å². The first kappa shape index (κ1) is 13.7. The molecular weight excluding hydrogens is 272 g/mol. The molecule has 5 heteroatoms. The number of hydrogen-bond donors (Lipinski definition) is 0. The Balaban J connectivity index is 1.84. The van der Waals surface area contributed by atoms with E-state index in [4.69, 9.17) is 4.74 Å². The van der Waals surface area contributed by atoms with E-state index in [1.807, 2.05) is 0 Å². The molecule has 0 N–H and O–H groups in total. The normalized spacial score (nSPS) is 26.6. The second kappa shape index (κ2) is 4.37. The first-order chi connectivity index (χ1) is 9.36. The highest BCUT2D eigenvalue weighted by Crippen LogP contribution is 2.63. The fraction of sp³-hybridized carbons (Fsp3) is 0.600. The van der Waals surface area contributed by atoms with Crippen LogP contribution in [0.15, 0.2) is 12.1 Å². The highest BCUT2D eigenvalue weighted by molar-refractivity contribution is 5.39. The van der Waals surface area contributed by atoms with E-state index in [9.17, 15) is 17.6 Å². The van der Waals surface area contributed by atoms with Crippen molar-refractivity contribution in [1.82, 2.24) is 0 Å². The molecular formula is C15H16F4O. The highest BCUT2D eigenvalue weighted by atomic mass is 19.3. The molecule has 0 bridgehead atoms. The summed E-state index contributed by atoms with van der Waals surface area (Å²) < 4.78 is 58.1. The number of ether oxygens (including phenoxy) is 1. The lowest BCUT2D eigenvalue weighted by Gasteiger charge is -2.45. The Morgan fingerprint density at radius 1 is 1.20 bits per heavy atom. The zero-order valence-electron chi connectivity index (χ0n) is 11.2. The Kier molecular flexibility index (Phi) is 2.99. The van der Waals surface area contributed by atoms with Gasteiger partial charge in [0.15, 0.2) is 11.6 Å². The molecule has 1 aromatic carbocycles. The largest absolute Gasteiger partial charge is 0.493 e. The fourth-order valence-electron chi connectivity index (χ4n) is 3.92. The Labute approximate surface area is 114 Å². The predicted octanol–water partition coefficient (Wildman–Crippen LogP) is 4.66. The number of methoxy groups -OCH3 is 1. The van der Waals surface area contributed by atoms with Gasteiger partial charge >= 0.3 is 0 Å². The van der Waals surface area contributed by atoms with E-state index in [1.54, 1.807) is 0 Å². The van der Waals surface area contributed by atoms with Gasteiger partial charge in [0, 0.05) is 18.4 Å². The molecule has 0 aromatic heterocycles. The lowest BCUT2D eigenvalue weighted by molar-refractivity contribution is -0.158. The molecule has 1 nitrogen and oxygen atoms in total. The number of hydrogen-bond acceptors (Lipinski definition) is 1. The van der Waals surface area contributed by atoms with Gasteiger partial charge in [-0.25, -0.2) is 13.2 Å². The smallest absolute Gasteiger partial charge is 0.249 e. The van der Waals surface area contributed by atoms with E-state index in [0.717, 1.165) is 18.9 Å². The van der Waals surface area contributed by atoms with Crippen LogP contribution in [-0.4, -0.2) is 13.0 Å². The van der Waals surface area contributed by atoms with Crippen molar-refractivity contribution in [2.75, 3.05) is 7.11 Å². The molecule has 20 heavy (non-hydrogen) atoms. The van der Waals surface area contributed by atoms with Crippen molar-refractivity contribution in [2.45, 2.75) is 43.9 Å². The van der Waals surface area contributed by atoms with E-state index in [0.29, 0.717) is 12.0 Å².